The van der Waals surface area contributed by atoms with Gasteiger partial charge in [-0.05, 0) is 55.0 Å². The van der Waals surface area contributed by atoms with E-state index in [9.17, 15) is 9.59 Å². The van der Waals surface area contributed by atoms with Gasteiger partial charge in [-0.2, -0.15) is 0 Å². The summed E-state index contributed by atoms with van der Waals surface area (Å²) >= 11 is 1.75. The van der Waals surface area contributed by atoms with Crippen LogP contribution in [0, 0.1) is 6.92 Å². The van der Waals surface area contributed by atoms with Crippen LogP contribution in [0.25, 0.3) is 11.0 Å². The number of rotatable bonds is 3. The van der Waals surface area contributed by atoms with Crippen molar-refractivity contribution in [2.75, 3.05) is 13.2 Å². The smallest absolute Gasteiger partial charge is 0.336 e. The molecular formula is C20H19NO4S. The Morgan fingerprint density at radius 1 is 1.35 bits per heavy atom. The van der Waals surface area contributed by atoms with Gasteiger partial charge in [-0.1, -0.05) is 0 Å². The van der Waals surface area contributed by atoms with Crippen molar-refractivity contribution in [2.45, 2.75) is 26.3 Å². The van der Waals surface area contributed by atoms with E-state index < -0.39 is 5.63 Å². The predicted octanol–water partition coefficient (Wildman–Crippen LogP) is 3.69. The van der Waals surface area contributed by atoms with Gasteiger partial charge in [0.2, 0.25) is 0 Å². The zero-order chi connectivity index (χ0) is 18.3. The SMILES string of the molecule is Cc1cc(=O)oc2cc(OCC(=O)N3CCc4sccc4[C@H]3C)ccc12. The summed E-state index contributed by atoms with van der Waals surface area (Å²) in [6.45, 7) is 4.59. The Kier molecular flexibility index (Phi) is 4.28. The fraction of sp³-hybridized carbons (Fsp3) is 0.300. The second-order valence-electron chi connectivity index (χ2n) is 6.51. The van der Waals surface area contributed by atoms with Gasteiger partial charge in [-0.25, -0.2) is 4.79 Å². The Morgan fingerprint density at radius 3 is 3.04 bits per heavy atom. The molecule has 0 fully saturated rings. The van der Waals surface area contributed by atoms with E-state index in [0.717, 1.165) is 17.4 Å². The Hall–Kier alpha value is -2.60. The maximum absolute atomic E-state index is 12.6. The van der Waals surface area contributed by atoms with Crippen molar-refractivity contribution < 1.29 is 13.9 Å². The highest BCUT2D eigenvalue weighted by atomic mass is 32.1. The Bertz CT molecular complexity index is 1040. The zero-order valence-corrected chi connectivity index (χ0v) is 15.5. The van der Waals surface area contributed by atoms with Gasteiger partial charge in [0.05, 0.1) is 6.04 Å². The first kappa shape index (κ1) is 16.8. The van der Waals surface area contributed by atoms with Crippen LogP contribution >= 0.6 is 11.3 Å². The molecule has 6 heteroatoms. The third-order valence-corrected chi connectivity index (χ3v) is 5.88. The van der Waals surface area contributed by atoms with Crippen LogP contribution in [-0.2, 0) is 11.2 Å². The Morgan fingerprint density at radius 2 is 2.19 bits per heavy atom. The molecule has 5 nitrogen and oxygen atoms in total. The fourth-order valence-electron chi connectivity index (χ4n) is 3.47. The number of benzene rings is 1. The molecule has 0 radical (unpaired) electrons. The van der Waals surface area contributed by atoms with Crippen molar-refractivity contribution in [3.8, 4) is 5.75 Å². The number of hydrogen-bond donors (Lipinski definition) is 0. The molecular weight excluding hydrogens is 350 g/mol. The molecule has 1 aliphatic heterocycles. The molecule has 1 atom stereocenters. The second kappa shape index (κ2) is 6.61. The minimum absolute atomic E-state index is 0.0363. The van der Waals surface area contributed by atoms with Crippen molar-refractivity contribution in [1.29, 1.82) is 0 Å². The highest BCUT2D eigenvalue weighted by Gasteiger charge is 2.28. The molecule has 3 heterocycles. The molecule has 1 aliphatic rings. The lowest BCUT2D eigenvalue weighted by atomic mass is 10.0. The van der Waals surface area contributed by atoms with Gasteiger partial charge in [0, 0.05) is 28.9 Å². The number of thiophene rings is 1. The summed E-state index contributed by atoms with van der Waals surface area (Å²) in [5.41, 5.74) is 2.16. The van der Waals surface area contributed by atoms with Gasteiger partial charge in [0.25, 0.3) is 5.91 Å². The number of hydrogen-bond acceptors (Lipinski definition) is 5. The van der Waals surface area contributed by atoms with Crippen LogP contribution in [0.2, 0.25) is 0 Å². The van der Waals surface area contributed by atoms with Gasteiger partial charge < -0.3 is 14.1 Å². The largest absolute Gasteiger partial charge is 0.484 e. The van der Waals surface area contributed by atoms with Crippen LogP contribution in [0.1, 0.15) is 29.0 Å². The summed E-state index contributed by atoms with van der Waals surface area (Å²) in [6, 6.07) is 8.92. The maximum Gasteiger partial charge on any atom is 0.336 e. The first-order valence-electron chi connectivity index (χ1n) is 8.56. The summed E-state index contributed by atoms with van der Waals surface area (Å²) in [4.78, 5) is 27.4. The molecule has 1 aromatic carbocycles. The van der Waals surface area contributed by atoms with Crippen LogP contribution < -0.4 is 10.4 Å². The number of amides is 1. The first-order valence-corrected chi connectivity index (χ1v) is 9.44. The molecule has 134 valence electrons. The van der Waals surface area contributed by atoms with E-state index in [0.29, 0.717) is 17.9 Å². The van der Waals surface area contributed by atoms with Gasteiger partial charge in [-0.3, -0.25) is 4.79 Å². The molecule has 4 rings (SSSR count). The van der Waals surface area contributed by atoms with Gasteiger partial charge in [0.1, 0.15) is 11.3 Å². The highest BCUT2D eigenvalue weighted by Crippen LogP contribution is 2.32. The first-order chi connectivity index (χ1) is 12.5. The topological polar surface area (TPSA) is 59.8 Å². The Labute approximate surface area is 154 Å². The van der Waals surface area contributed by atoms with Crippen LogP contribution in [0.4, 0.5) is 0 Å². The molecule has 1 amide bonds. The maximum atomic E-state index is 12.6. The van der Waals surface area contributed by atoms with E-state index >= 15 is 0 Å². The summed E-state index contributed by atoms with van der Waals surface area (Å²) in [5, 5.41) is 2.94. The number of carbonyl (C=O) groups is 1. The van der Waals surface area contributed by atoms with Crippen LogP contribution in [-0.4, -0.2) is 24.0 Å². The molecule has 0 saturated carbocycles. The molecule has 0 bridgehead atoms. The molecule has 0 aliphatic carbocycles. The van der Waals surface area contributed by atoms with Gasteiger partial charge in [-0.15, -0.1) is 11.3 Å². The number of carbonyl (C=O) groups excluding carboxylic acids is 1. The van der Waals surface area contributed by atoms with Crippen LogP contribution in [0.5, 0.6) is 5.75 Å². The molecule has 0 spiro atoms. The zero-order valence-electron chi connectivity index (χ0n) is 14.7. The minimum atomic E-state index is -0.392. The minimum Gasteiger partial charge on any atom is -0.484 e. The quantitative estimate of drug-likeness (QED) is 0.661. The monoisotopic (exact) mass is 369 g/mol. The van der Waals surface area contributed by atoms with Gasteiger partial charge >= 0.3 is 5.63 Å². The van der Waals surface area contributed by atoms with Crippen molar-refractivity contribution in [2.24, 2.45) is 0 Å². The van der Waals surface area contributed by atoms with Crippen molar-refractivity contribution in [3.63, 3.8) is 0 Å². The average molecular weight is 369 g/mol. The fourth-order valence-corrected chi connectivity index (χ4v) is 4.44. The molecule has 0 N–H and O–H groups in total. The molecule has 2 aromatic heterocycles. The molecule has 0 unspecified atom stereocenters. The van der Waals surface area contributed by atoms with E-state index in [1.165, 1.54) is 16.5 Å². The van der Waals surface area contributed by atoms with E-state index in [1.54, 1.807) is 23.5 Å². The van der Waals surface area contributed by atoms with Crippen LogP contribution in [0.15, 0.2) is 44.9 Å². The number of aryl methyl sites for hydroxylation is 1. The van der Waals surface area contributed by atoms with Crippen LogP contribution in [0.3, 0.4) is 0 Å². The Balaban J connectivity index is 1.48. The average Bonchev–Trinajstić information content (AvgIpc) is 3.09. The lowest BCUT2D eigenvalue weighted by Gasteiger charge is -2.33. The highest BCUT2D eigenvalue weighted by molar-refractivity contribution is 7.10. The second-order valence-corrected chi connectivity index (χ2v) is 7.51. The van der Waals surface area contributed by atoms with E-state index in [-0.39, 0.29) is 18.6 Å². The lowest BCUT2D eigenvalue weighted by Crippen LogP contribution is -2.40. The third-order valence-electron chi connectivity index (χ3n) is 4.88. The van der Waals surface area contributed by atoms with E-state index in [2.05, 4.69) is 18.4 Å². The summed E-state index contributed by atoms with van der Waals surface area (Å²) in [5.74, 6) is 0.473. The normalized spacial score (nSPS) is 16.5. The number of fused-ring (bicyclic) bond motifs is 2. The standard InChI is InChI=1S/C20H19NO4S/c1-12-9-20(23)25-17-10-14(3-4-15(12)17)24-11-19(22)21-7-5-18-16(13(21)2)6-8-26-18/h3-4,6,8-10,13H,5,7,11H2,1-2H3/t13-/m1/s1. The number of nitrogens with zero attached hydrogens (tertiary/aromatic N) is 1. The lowest BCUT2D eigenvalue weighted by molar-refractivity contribution is -0.135. The molecule has 26 heavy (non-hydrogen) atoms. The van der Waals surface area contributed by atoms with Crippen molar-refractivity contribution >= 4 is 28.2 Å². The third kappa shape index (κ3) is 3.01. The number of ether oxygens (including phenoxy) is 1. The summed E-state index contributed by atoms with van der Waals surface area (Å²) < 4.78 is 10.9. The molecule has 3 aromatic rings. The van der Waals surface area contributed by atoms with Crippen molar-refractivity contribution in [1.82, 2.24) is 4.90 Å². The van der Waals surface area contributed by atoms with Crippen molar-refractivity contribution in [3.05, 3.63) is 62.1 Å². The summed E-state index contributed by atoms with van der Waals surface area (Å²) in [6.07, 6.45) is 0.892. The summed E-state index contributed by atoms with van der Waals surface area (Å²) in [7, 11) is 0. The predicted molar refractivity (Wildman–Crippen MR) is 101 cm³/mol. The van der Waals surface area contributed by atoms with E-state index in [1.807, 2.05) is 17.9 Å². The molecule has 0 saturated heterocycles. The van der Waals surface area contributed by atoms with Gasteiger partial charge in [0.15, 0.2) is 6.61 Å². The van der Waals surface area contributed by atoms with E-state index in [4.69, 9.17) is 9.15 Å².